The Balaban J connectivity index is 1.18. The minimum atomic E-state index is -0.492. The number of para-hydroxylation sites is 4. The van der Waals surface area contributed by atoms with Crippen LogP contribution >= 0.6 is 0 Å². The molecule has 58 heavy (non-hydrogen) atoms. The molecule has 8 aromatic carbocycles. The number of aromatic nitrogens is 1. The molecule has 2 aromatic heterocycles. The molecule has 0 saturated carbocycles. The summed E-state index contributed by atoms with van der Waals surface area (Å²) in [5.41, 5.74) is 26.3. The van der Waals surface area contributed by atoms with Crippen LogP contribution in [-0.2, 0) is 10.8 Å². The van der Waals surface area contributed by atoms with Crippen LogP contribution in [0.5, 0.6) is 0 Å². The average Bonchev–Trinajstić information content (AvgIpc) is 3.96. The van der Waals surface area contributed by atoms with Crippen molar-refractivity contribution in [2.45, 2.75) is 24.7 Å². The van der Waals surface area contributed by atoms with Gasteiger partial charge in [-0.3, -0.25) is 0 Å². The number of furan rings is 1. The fourth-order valence-electron chi connectivity index (χ4n) is 12.7. The number of fused-ring (bicyclic) bond motifs is 22. The molecule has 0 saturated heterocycles. The Morgan fingerprint density at radius 1 is 0.483 bits per heavy atom. The molecule has 5 heterocycles. The summed E-state index contributed by atoms with van der Waals surface area (Å²) in [7, 11) is 0. The van der Waals surface area contributed by atoms with E-state index in [1.54, 1.807) is 0 Å². The lowest BCUT2D eigenvalue weighted by Crippen LogP contribution is -2.58. The van der Waals surface area contributed by atoms with E-state index >= 15 is 0 Å². The van der Waals surface area contributed by atoms with E-state index < -0.39 is 5.41 Å². The molecule has 0 amide bonds. The molecule has 4 heteroatoms. The Morgan fingerprint density at radius 2 is 1.10 bits per heavy atom. The van der Waals surface area contributed by atoms with Gasteiger partial charge in [-0.15, -0.1) is 0 Å². The van der Waals surface area contributed by atoms with Crippen LogP contribution in [0.1, 0.15) is 47.2 Å². The first-order chi connectivity index (χ1) is 28.6. The molecule has 3 aliphatic heterocycles. The fraction of sp³-hybridized carbons (Fsp3) is 0.0741. The molecule has 15 rings (SSSR count). The first-order valence-corrected chi connectivity index (χ1v) is 20.6. The standard InChI is InChI=1S/C54H33BN2O/c1-53(2)36-21-7-5-17-32(36)46-41(53)29-44-48-47(46)34-19-13-20-35-49(34)57(50-33-18-6-12-28-45(33)58-52(35)50)55(48)42-26-14-25-40-51(42)56(44)43-27-11-10-24-39(43)54(40)37-22-8-3-15-30(37)31-16-4-9-23-38(31)54/h3-29H,1-2H3. The lowest BCUT2D eigenvalue weighted by molar-refractivity contribution is 0.660. The maximum atomic E-state index is 6.89. The van der Waals surface area contributed by atoms with Crippen LogP contribution < -0.4 is 15.8 Å². The van der Waals surface area contributed by atoms with Crippen molar-refractivity contribution in [3.05, 3.63) is 197 Å². The first-order valence-electron chi connectivity index (χ1n) is 20.6. The third-order valence-corrected chi connectivity index (χ3v) is 14.8. The molecular formula is C54H33BN2O. The summed E-state index contributed by atoms with van der Waals surface area (Å²) in [6.45, 7) is 4.75. The summed E-state index contributed by atoms with van der Waals surface area (Å²) >= 11 is 0. The van der Waals surface area contributed by atoms with Crippen LogP contribution in [0.15, 0.2) is 168 Å². The van der Waals surface area contributed by atoms with Crippen LogP contribution in [-0.4, -0.2) is 11.3 Å². The fourth-order valence-corrected chi connectivity index (χ4v) is 12.7. The molecule has 0 atom stereocenters. The quantitative estimate of drug-likeness (QED) is 0.145. The van der Waals surface area contributed by atoms with Gasteiger partial charge in [0.25, 0.3) is 0 Å². The summed E-state index contributed by atoms with van der Waals surface area (Å²) in [4.78, 5) is 2.67. The molecular weight excluding hydrogens is 703 g/mol. The van der Waals surface area contributed by atoms with Crippen LogP contribution in [0, 0.1) is 0 Å². The number of anilines is 3. The summed E-state index contributed by atoms with van der Waals surface area (Å²) in [6.07, 6.45) is 0. The van der Waals surface area contributed by atoms with E-state index in [0.29, 0.717) is 0 Å². The first kappa shape index (κ1) is 30.1. The molecule has 1 spiro atoms. The van der Waals surface area contributed by atoms with Gasteiger partial charge in [0.2, 0.25) is 0 Å². The third kappa shape index (κ3) is 3.06. The molecule has 10 aromatic rings. The van der Waals surface area contributed by atoms with Gasteiger partial charge in [-0.25, -0.2) is 0 Å². The Labute approximate surface area is 335 Å². The van der Waals surface area contributed by atoms with E-state index in [-0.39, 0.29) is 12.3 Å². The lowest BCUT2D eigenvalue weighted by atomic mass is 9.43. The van der Waals surface area contributed by atoms with Gasteiger partial charge in [0.15, 0.2) is 5.58 Å². The maximum absolute atomic E-state index is 6.89. The maximum Gasteiger partial charge on any atom is 0.333 e. The molecule has 0 unspecified atom stereocenters. The normalized spacial score (nSPS) is 16.0. The van der Waals surface area contributed by atoms with E-state index in [0.717, 1.165) is 16.6 Å². The van der Waals surface area contributed by atoms with Gasteiger partial charge in [-0.05, 0) is 102 Å². The summed E-state index contributed by atoms with van der Waals surface area (Å²) in [5.74, 6) is 0. The summed E-state index contributed by atoms with van der Waals surface area (Å²) in [6, 6.07) is 62.0. The molecule has 0 bridgehead atoms. The SMILES string of the molecule is CC1(C)c2ccccc2-c2c1cc1c3c2-c2cccc4c5oc6ccccc6c5n(c24)B3c2cccc3c2N1c1ccccc1C31c2ccccc2-c2ccccc21. The van der Waals surface area contributed by atoms with Crippen molar-refractivity contribution in [1.29, 1.82) is 0 Å². The smallest absolute Gasteiger partial charge is 0.333 e. The van der Waals surface area contributed by atoms with Crippen LogP contribution in [0.3, 0.4) is 0 Å². The molecule has 2 aliphatic carbocycles. The lowest BCUT2D eigenvalue weighted by Gasteiger charge is -2.50. The monoisotopic (exact) mass is 736 g/mol. The number of rotatable bonds is 0. The van der Waals surface area contributed by atoms with Crippen molar-refractivity contribution in [2.24, 2.45) is 0 Å². The van der Waals surface area contributed by atoms with Gasteiger partial charge in [-0.1, -0.05) is 147 Å². The summed E-state index contributed by atoms with van der Waals surface area (Å²) < 4.78 is 9.56. The largest absolute Gasteiger partial charge is 0.454 e. The number of nitrogens with zero attached hydrogens (tertiary/aromatic N) is 2. The summed E-state index contributed by atoms with van der Waals surface area (Å²) in [5, 5.41) is 2.33. The highest BCUT2D eigenvalue weighted by Crippen LogP contribution is 2.65. The molecule has 268 valence electrons. The molecule has 0 N–H and O–H groups in total. The van der Waals surface area contributed by atoms with Gasteiger partial charge in [0.1, 0.15) is 5.58 Å². The van der Waals surface area contributed by atoms with Crippen molar-refractivity contribution in [1.82, 2.24) is 4.48 Å². The highest BCUT2D eigenvalue weighted by molar-refractivity contribution is 6.90. The number of benzene rings is 8. The second kappa shape index (κ2) is 9.73. The number of hydrogen-bond acceptors (Lipinski definition) is 2. The minimum Gasteiger partial charge on any atom is -0.454 e. The highest BCUT2D eigenvalue weighted by atomic mass is 16.3. The molecule has 0 fully saturated rings. The Kier molecular flexibility index (Phi) is 5.06. The third-order valence-electron chi connectivity index (χ3n) is 14.8. The Morgan fingerprint density at radius 3 is 1.91 bits per heavy atom. The van der Waals surface area contributed by atoms with Gasteiger partial charge in [-0.2, -0.15) is 0 Å². The second-order valence-corrected chi connectivity index (χ2v) is 17.5. The molecule has 0 radical (unpaired) electrons. The zero-order valence-electron chi connectivity index (χ0n) is 32.0. The van der Waals surface area contributed by atoms with Crippen LogP contribution in [0.25, 0.3) is 66.4 Å². The predicted molar refractivity (Wildman–Crippen MR) is 238 cm³/mol. The van der Waals surface area contributed by atoms with E-state index in [1.807, 2.05) is 0 Å². The van der Waals surface area contributed by atoms with Crippen molar-refractivity contribution in [3.63, 3.8) is 0 Å². The van der Waals surface area contributed by atoms with Crippen molar-refractivity contribution < 1.29 is 4.42 Å². The average molecular weight is 737 g/mol. The molecule has 3 nitrogen and oxygen atoms in total. The van der Waals surface area contributed by atoms with Gasteiger partial charge >= 0.3 is 6.85 Å². The topological polar surface area (TPSA) is 21.3 Å². The van der Waals surface area contributed by atoms with Crippen LogP contribution in [0.4, 0.5) is 17.1 Å². The van der Waals surface area contributed by atoms with E-state index in [2.05, 4.69) is 187 Å². The van der Waals surface area contributed by atoms with Crippen molar-refractivity contribution >= 4 is 67.8 Å². The van der Waals surface area contributed by atoms with Gasteiger partial charge in [0.05, 0.1) is 16.6 Å². The van der Waals surface area contributed by atoms with E-state index in [1.165, 1.54) is 111 Å². The number of hydrogen-bond donors (Lipinski definition) is 0. The van der Waals surface area contributed by atoms with Gasteiger partial charge < -0.3 is 13.8 Å². The van der Waals surface area contributed by atoms with E-state index in [4.69, 9.17) is 4.42 Å². The zero-order valence-corrected chi connectivity index (χ0v) is 32.0. The Hall–Kier alpha value is -7.04. The van der Waals surface area contributed by atoms with E-state index in [9.17, 15) is 0 Å². The Bertz CT molecular complexity index is 3540. The van der Waals surface area contributed by atoms with Gasteiger partial charge in [0, 0.05) is 38.6 Å². The van der Waals surface area contributed by atoms with Crippen LogP contribution in [0.2, 0.25) is 0 Å². The zero-order chi connectivity index (χ0) is 37.8. The predicted octanol–water partition coefficient (Wildman–Crippen LogP) is 11.9. The van der Waals surface area contributed by atoms with Crippen molar-refractivity contribution in [3.8, 4) is 33.4 Å². The second-order valence-electron chi connectivity index (χ2n) is 17.5. The minimum absolute atomic E-state index is 0.0949. The van der Waals surface area contributed by atoms with Crippen molar-refractivity contribution in [2.75, 3.05) is 4.90 Å². The highest BCUT2D eigenvalue weighted by Gasteiger charge is 2.56. The molecule has 5 aliphatic rings.